The first-order valence-electron chi connectivity index (χ1n) is 9.40. The molecular weight excluding hydrogens is 390 g/mol. The Hall–Kier alpha value is -2.14. The highest BCUT2D eigenvalue weighted by atomic mass is 35.5. The third-order valence-corrected chi connectivity index (χ3v) is 8.09. The molecule has 2 aliphatic rings. The van der Waals surface area contributed by atoms with Crippen molar-refractivity contribution in [1.82, 2.24) is 4.31 Å². The lowest BCUT2D eigenvalue weighted by molar-refractivity contribution is 0.281. The second-order valence-corrected chi connectivity index (χ2v) is 9.98. The van der Waals surface area contributed by atoms with Crippen molar-refractivity contribution >= 4 is 21.6 Å². The molecule has 0 saturated heterocycles. The van der Waals surface area contributed by atoms with E-state index in [1.807, 2.05) is 49.4 Å². The normalized spacial score (nSPS) is 21.1. The van der Waals surface area contributed by atoms with Gasteiger partial charge in [0.2, 0.25) is 10.0 Å². The molecule has 5 heteroatoms. The van der Waals surface area contributed by atoms with E-state index in [4.69, 9.17) is 11.6 Å². The molecule has 0 unspecified atom stereocenters. The van der Waals surface area contributed by atoms with Crippen molar-refractivity contribution in [3.05, 3.63) is 99.6 Å². The predicted octanol–water partition coefficient (Wildman–Crippen LogP) is 4.91. The fraction of sp³-hybridized carbons (Fsp3) is 0.217. The Labute approximate surface area is 170 Å². The number of fused-ring (bicyclic) bond motifs is 5. The molecule has 0 bridgehead atoms. The van der Waals surface area contributed by atoms with Crippen LogP contribution in [-0.4, -0.2) is 18.8 Å². The molecule has 0 N–H and O–H groups in total. The van der Waals surface area contributed by atoms with E-state index < -0.39 is 10.0 Å². The Morgan fingerprint density at radius 2 is 1.64 bits per heavy atom. The number of hydrogen-bond acceptors (Lipinski definition) is 2. The standard InChI is InChI=1S/C23H20ClNO2S/c1-15-6-9-19(10-7-15)28(26,27)25-14-16-4-2-3-5-20(16)23-21-11-8-18(24)12-17(21)13-22(23)25/h2-12,22-23H,13-14H2,1H3/t22-,23+/m0/s1. The summed E-state index contributed by atoms with van der Waals surface area (Å²) in [5.41, 5.74) is 5.67. The number of benzene rings is 3. The zero-order valence-corrected chi connectivity index (χ0v) is 17.0. The first kappa shape index (κ1) is 17.9. The molecule has 0 spiro atoms. The zero-order chi connectivity index (χ0) is 19.5. The molecular formula is C23H20ClNO2S. The second-order valence-electron chi connectivity index (χ2n) is 7.65. The van der Waals surface area contributed by atoms with Crippen molar-refractivity contribution in [1.29, 1.82) is 0 Å². The molecule has 0 radical (unpaired) electrons. The maximum atomic E-state index is 13.6. The highest BCUT2D eigenvalue weighted by Crippen LogP contribution is 2.47. The molecule has 3 aromatic carbocycles. The fourth-order valence-electron chi connectivity index (χ4n) is 4.62. The summed E-state index contributed by atoms with van der Waals surface area (Å²) in [5.74, 6) is 0.0393. The summed E-state index contributed by atoms with van der Waals surface area (Å²) in [6.07, 6.45) is 0.681. The number of hydrogen-bond donors (Lipinski definition) is 0. The molecule has 1 heterocycles. The maximum absolute atomic E-state index is 13.6. The summed E-state index contributed by atoms with van der Waals surface area (Å²) < 4.78 is 28.8. The smallest absolute Gasteiger partial charge is 0.207 e. The molecule has 0 fully saturated rings. The lowest BCUT2D eigenvalue weighted by Gasteiger charge is -2.38. The van der Waals surface area contributed by atoms with Gasteiger partial charge in [0.1, 0.15) is 0 Å². The van der Waals surface area contributed by atoms with Crippen molar-refractivity contribution in [3.63, 3.8) is 0 Å². The maximum Gasteiger partial charge on any atom is 0.243 e. The van der Waals surface area contributed by atoms with Crippen molar-refractivity contribution in [2.75, 3.05) is 0 Å². The minimum Gasteiger partial charge on any atom is -0.207 e. The SMILES string of the molecule is Cc1ccc(S(=O)(=O)N2Cc3ccccc3[C@@H]3c4ccc(Cl)cc4C[C@@H]32)cc1. The van der Waals surface area contributed by atoms with Gasteiger partial charge in [-0.3, -0.25) is 0 Å². The van der Waals surface area contributed by atoms with E-state index >= 15 is 0 Å². The minimum absolute atomic E-state index is 0.0393. The lowest BCUT2D eigenvalue weighted by Crippen LogP contribution is -2.45. The van der Waals surface area contributed by atoms with Crippen LogP contribution < -0.4 is 0 Å². The highest BCUT2D eigenvalue weighted by Gasteiger charge is 2.46. The summed E-state index contributed by atoms with van der Waals surface area (Å²) in [4.78, 5) is 0.352. The summed E-state index contributed by atoms with van der Waals surface area (Å²) in [7, 11) is -3.60. The van der Waals surface area contributed by atoms with Crippen LogP contribution in [0.5, 0.6) is 0 Å². The third kappa shape index (κ3) is 2.71. The van der Waals surface area contributed by atoms with Crippen LogP contribution in [0.4, 0.5) is 0 Å². The molecule has 2 atom stereocenters. The molecule has 3 aromatic rings. The summed E-state index contributed by atoms with van der Waals surface area (Å²) in [6, 6.07) is 21.1. The molecule has 1 aliphatic heterocycles. The van der Waals surface area contributed by atoms with Gasteiger partial charge < -0.3 is 0 Å². The van der Waals surface area contributed by atoms with Crippen LogP contribution in [0.15, 0.2) is 71.6 Å². The number of nitrogens with zero attached hydrogens (tertiary/aromatic N) is 1. The zero-order valence-electron chi connectivity index (χ0n) is 15.5. The molecule has 5 rings (SSSR count). The quantitative estimate of drug-likeness (QED) is 0.603. The van der Waals surface area contributed by atoms with Crippen molar-refractivity contribution < 1.29 is 8.42 Å². The van der Waals surface area contributed by atoms with Crippen LogP contribution in [0.3, 0.4) is 0 Å². The topological polar surface area (TPSA) is 37.4 Å². The Balaban J connectivity index is 1.67. The van der Waals surface area contributed by atoms with E-state index in [0.717, 1.165) is 16.7 Å². The molecule has 3 nitrogen and oxygen atoms in total. The van der Waals surface area contributed by atoms with Gasteiger partial charge in [-0.25, -0.2) is 8.42 Å². The van der Waals surface area contributed by atoms with E-state index in [-0.39, 0.29) is 12.0 Å². The van der Waals surface area contributed by atoms with Gasteiger partial charge in [-0.2, -0.15) is 4.31 Å². The average molecular weight is 410 g/mol. The van der Waals surface area contributed by atoms with Gasteiger partial charge >= 0.3 is 0 Å². The van der Waals surface area contributed by atoms with Crippen LogP contribution in [-0.2, 0) is 23.0 Å². The summed E-state index contributed by atoms with van der Waals surface area (Å²) >= 11 is 6.23. The number of rotatable bonds is 2. The van der Waals surface area contributed by atoms with Crippen molar-refractivity contribution in [2.24, 2.45) is 0 Å². The van der Waals surface area contributed by atoms with Crippen LogP contribution >= 0.6 is 11.6 Å². The Morgan fingerprint density at radius 1 is 0.929 bits per heavy atom. The molecule has 0 aromatic heterocycles. The number of aryl methyl sites for hydroxylation is 1. The Kier molecular flexibility index (Phi) is 4.13. The fourth-order valence-corrected chi connectivity index (χ4v) is 6.43. The van der Waals surface area contributed by atoms with Gasteiger partial charge in [0.15, 0.2) is 0 Å². The van der Waals surface area contributed by atoms with E-state index in [1.165, 1.54) is 11.1 Å². The number of sulfonamides is 1. The summed E-state index contributed by atoms with van der Waals surface area (Å²) in [5, 5.41) is 0.693. The van der Waals surface area contributed by atoms with Crippen LogP contribution in [0.25, 0.3) is 0 Å². The monoisotopic (exact) mass is 409 g/mol. The summed E-state index contributed by atoms with van der Waals surface area (Å²) in [6.45, 7) is 2.36. The van der Waals surface area contributed by atoms with Gasteiger partial charge in [-0.1, -0.05) is 59.6 Å². The molecule has 142 valence electrons. The lowest BCUT2D eigenvalue weighted by atomic mass is 9.84. The van der Waals surface area contributed by atoms with E-state index in [9.17, 15) is 8.42 Å². The molecule has 0 amide bonds. The van der Waals surface area contributed by atoms with Gasteiger partial charge in [0.05, 0.1) is 4.90 Å². The second kappa shape index (κ2) is 6.45. The Morgan fingerprint density at radius 3 is 2.43 bits per heavy atom. The predicted molar refractivity (Wildman–Crippen MR) is 111 cm³/mol. The number of halogens is 1. The van der Waals surface area contributed by atoms with Crippen LogP contribution in [0.1, 0.15) is 33.7 Å². The molecule has 0 saturated carbocycles. The van der Waals surface area contributed by atoms with E-state index in [0.29, 0.717) is 22.9 Å². The van der Waals surface area contributed by atoms with E-state index in [1.54, 1.807) is 16.4 Å². The molecule has 1 aliphatic carbocycles. The molecule has 28 heavy (non-hydrogen) atoms. The van der Waals surface area contributed by atoms with Crippen molar-refractivity contribution in [2.45, 2.75) is 36.7 Å². The first-order chi connectivity index (χ1) is 13.4. The van der Waals surface area contributed by atoms with Gasteiger partial charge in [-0.15, -0.1) is 0 Å². The highest BCUT2D eigenvalue weighted by molar-refractivity contribution is 7.89. The van der Waals surface area contributed by atoms with Gasteiger partial charge in [-0.05, 0) is 59.9 Å². The van der Waals surface area contributed by atoms with E-state index in [2.05, 4.69) is 12.1 Å². The van der Waals surface area contributed by atoms with Gasteiger partial charge in [0, 0.05) is 23.5 Å². The average Bonchev–Trinajstić information content (AvgIpc) is 3.06. The minimum atomic E-state index is -3.60. The van der Waals surface area contributed by atoms with Crippen LogP contribution in [0, 0.1) is 6.92 Å². The van der Waals surface area contributed by atoms with Crippen LogP contribution in [0.2, 0.25) is 5.02 Å². The Bertz CT molecular complexity index is 1170. The largest absolute Gasteiger partial charge is 0.243 e. The van der Waals surface area contributed by atoms with Crippen molar-refractivity contribution in [3.8, 4) is 0 Å². The third-order valence-electron chi connectivity index (χ3n) is 5.97. The van der Waals surface area contributed by atoms with Gasteiger partial charge in [0.25, 0.3) is 0 Å². The first-order valence-corrected chi connectivity index (χ1v) is 11.2.